The number of aliphatic hydroxyl groups excluding tert-OH is 2. The first-order valence-corrected chi connectivity index (χ1v) is 7.31. The minimum Gasteiger partial charge on any atom is -0.393 e. The van der Waals surface area contributed by atoms with E-state index in [1.54, 1.807) is 0 Å². The van der Waals surface area contributed by atoms with E-state index in [0.29, 0.717) is 12.1 Å². The number of hydrogen-bond acceptors (Lipinski definition) is 4. The van der Waals surface area contributed by atoms with Crippen molar-refractivity contribution in [2.24, 2.45) is 0 Å². The molecule has 2 aliphatic heterocycles. The highest BCUT2D eigenvalue weighted by atomic mass is 16.3. The molecule has 2 aliphatic rings. The number of anilines is 1. The predicted molar refractivity (Wildman–Crippen MR) is 75.6 cm³/mol. The Bertz CT molecular complexity index is 625. The Labute approximate surface area is 117 Å². The van der Waals surface area contributed by atoms with Gasteiger partial charge in [0.1, 0.15) is 5.65 Å². The molecule has 0 amide bonds. The van der Waals surface area contributed by atoms with Gasteiger partial charge >= 0.3 is 0 Å². The number of imidazole rings is 1. The molecule has 2 fully saturated rings. The SMILES string of the molecule is OCc1c(N2C3CCC2CC(O)C3)nc2ccccn12. The van der Waals surface area contributed by atoms with Gasteiger partial charge in [-0.05, 0) is 37.8 Å². The fourth-order valence-corrected chi connectivity index (χ4v) is 3.88. The van der Waals surface area contributed by atoms with Crippen LogP contribution in [-0.4, -0.2) is 37.8 Å². The Balaban J connectivity index is 1.82. The maximum Gasteiger partial charge on any atom is 0.154 e. The molecule has 2 unspecified atom stereocenters. The van der Waals surface area contributed by atoms with Crippen LogP contribution in [-0.2, 0) is 6.61 Å². The Morgan fingerprint density at radius 1 is 1.20 bits per heavy atom. The van der Waals surface area contributed by atoms with Crippen molar-refractivity contribution in [1.82, 2.24) is 9.38 Å². The lowest BCUT2D eigenvalue weighted by atomic mass is 10.00. The molecule has 2 saturated heterocycles. The number of aromatic nitrogens is 2. The van der Waals surface area contributed by atoms with Gasteiger partial charge in [-0.15, -0.1) is 0 Å². The summed E-state index contributed by atoms with van der Waals surface area (Å²) in [4.78, 5) is 7.06. The first-order chi connectivity index (χ1) is 9.78. The Hall–Kier alpha value is -1.59. The third-order valence-corrected chi connectivity index (χ3v) is 4.71. The molecular formula is C15H19N3O2. The lowest BCUT2D eigenvalue weighted by Gasteiger charge is -2.37. The van der Waals surface area contributed by atoms with Crippen LogP contribution in [0.25, 0.3) is 5.65 Å². The van der Waals surface area contributed by atoms with Crippen molar-refractivity contribution >= 4 is 11.5 Å². The summed E-state index contributed by atoms with van der Waals surface area (Å²) < 4.78 is 1.96. The zero-order valence-corrected chi connectivity index (χ0v) is 11.3. The van der Waals surface area contributed by atoms with E-state index in [1.807, 2.05) is 28.8 Å². The molecule has 0 saturated carbocycles. The Kier molecular flexibility index (Phi) is 2.72. The van der Waals surface area contributed by atoms with E-state index in [-0.39, 0.29) is 12.7 Å². The van der Waals surface area contributed by atoms with Gasteiger partial charge in [0, 0.05) is 18.3 Å². The highest BCUT2D eigenvalue weighted by molar-refractivity contribution is 5.58. The largest absolute Gasteiger partial charge is 0.393 e. The molecule has 20 heavy (non-hydrogen) atoms. The molecule has 2 bridgehead atoms. The summed E-state index contributed by atoms with van der Waals surface area (Å²) in [6, 6.07) is 6.59. The zero-order valence-electron chi connectivity index (χ0n) is 11.3. The molecule has 0 aromatic carbocycles. The normalized spacial score (nSPS) is 29.3. The van der Waals surface area contributed by atoms with E-state index in [4.69, 9.17) is 4.98 Å². The van der Waals surface area contributed by atoms with E-state index in [1.165, 1.54) is 0 Å². The van der Waals surface area contributed by atoms with Gasteiger partial charge in [-0.1, -0.05) is 6.07 Å². The summed E-state index contributed by atoms with van der Waals surface area (Å²) in [6.07, 6.45) is 5.61. The van der Waals surface area contributed by atoms with Crippen LogP contribution in [0.4, 0.5) is 5.82 Å². The average Bonchev–Trinajstić information content (AvgIpc) is 2.93. The summed E-state index contributed by atoms with van der Waals surface area (Å²) >= 11 is 0. The maximum atomic E-state index is 9.92. The smallest absolute Gasteiger partial charge is 0.154 e. The van der Waals surface area contributed by atoms with Crippen molar-refractivity contribution in [1.29, 1.82) is 0 Å². The highest BCUT2D eigenvalue weighted by Crippen LogP contribution is 2.40. The molecule has 106 valence electrons. The van der Waals surface area contributed by atoms with Crippen LogP contribution in [0.15, 0.2) is 24.4 Å². The van der Waals surface area contributed by atoms with Crippen LogP contribution >= 0.6 is 0 Å². The second-order valence-electron chi connectivity index (χ2n) is 5.89. The van der Waals surface area contributed by atoms with E-state index in [9.17, 15) is 10.2 Å². The average molecular weight is 273 g/mol. The summed E-state index contributed by atoms with van der Waals surface area (Å²) in [5, 5.41) is 19.7. The van der Waals surface area contributed by atoms with Gasteiger partial charge < -0.3 is 15.1 Å². The lowest BCUT2D eigenvalue weighted by Crippen LogP contribution is -2.45. The first-order valence-electron chi connectivity index (χ1n) is 7.31. The van der Waals surface area contributed by atoms with Crippen LogP contribution in [0.2, 0.25) is 0 Å². The molecule has 2 aromatic heterocycles. The number of pyridine rings is 1. The van der Waals surface area contributed by atoms with Crippen LogP contribution < -0.4 is 4.90 Å². The molecule has 0 spiro atoms. The van der Waals surface area contributed by atoms with Crippen molar-refractivity contribution in [3.8, 4) is 0 Å². The lowest BCUT2D eigenvalue weighted by molar-refractivity contribution is 0.126. The quantitative estimate of drug-likeness (QED) is 0.866. The molecule has 2 aromatic rings. The fourth-order valence-electron chi connectivity index (χ4n) is 3.88. The van der Waals surface area contributed by atoms with E-state index in [2.05, 4.69) is 4.90 Å². The van der Waals surface area contributed by atoms with Crippen molar-refractivity contribution in [2.75, 3.05) is 4.90 Å². The van der Waals surface area contributed by atoms with Crippen molar-refractivity contribution in [3.05, 3.63) is 30.1 Å². The number of piperidine rings is 1. The standard InChI is InChI=1S/C15H19N3O2/c19-9-13-15(16-14-3-1-2-6-17(13)14)18-10-4-5-11(18)8-12(20)7-10/h1-3,6,10-12,19-20H,4-5,7-9H2. The van der Waals surface area contributed by atoms with Gasteiger partial charge in [0.15, 0.2) is 5.82 Å². The van der Waals surface area contributed by atoms with E-state index in [0.717, 1.165) is 42.8 Å². The minimum absolute atomic E-state index is 0.0149. The second kappa shape index (κ2) is 4.46. The highest BCUT2D eigenvalue weighted by Gasteiger charge is 2.42. The maximum absolute atomic E-state index is 9.92. The number of nitrogens with zero attached hydrogens (tertiary/aromatic N) is 3. The molecule has 2 N–H and O–H groups in total. The number of hydrogen-bond donors (Lipinski definition) is 2. The third-order valence-electron chi connectivity index (χ3n) is 4.71. The summed E-state index contributed by atoms with van der Waals surface area (Å²) in [5.74, 6) is 0.901. The topological polar surface area (TPSA) is 61.0 Å². The molecule has 5 nitrogen and oxygen atoms in total. The molecule has 0 aliphatic carbocycles. The summed E-state index contributed by atoms with van der Waals surface area (Å²) in [6.45, 7) is -0.0149. The fraction of sp³-hybridized carbons (Fsp3) is 0.533. The van der Waals surface area contributed by atoms with E-state index < -0.39 is 0 Å². The number of aliphatic hydroxyl groups is 2. The van der Waals surface area contributed by atoms with Gasteiger partial charge in [0.05, 0.1) is 18.4 Å². The molecule has 4 heterocycles. The Morgan fingerprint density at radius 2 is 1.95 bits per heavy atom. The molecule has 5 heteroatoms. The van der Waals surface area contributed by atoms with Crippen molar-refractivity contribution < 1.29 is 10.2 Å². The van der Waals surface area contributed by atoms with Crippen LogP contribution in [0, 0.1) is 0 Å². The predicted octanol–water partition coefficient (Wildman–Crippen LogP) is 1.32. The molecule has 4 rings (SSSR count). The second-order valence-corrected chi connectivity index (χ2v) is 5.89. The molecule has 0 radical (unpaired) electrons. The number of fused-ring (bicyclic) bond motifs is 3. The van der Waals surface area contributed by atoms with E-state index >= 15 is 0 Å². The monoisotopic (exact) mass is 273 g/mol. The van der Waals surface area contributed by atoms with Gasteiger partial charge in [-0.25, -0.2) is 4.98 Å². The van der Waals surface area contributed by atoms with Gasteiger partial charge in [-0.3, -0.25) is 4.40 Å². The molecular weight excluding hydrogens is 254 g/mol. The van der Waals surface area contributed by atoms with Crippen LogP contribution in [0.5, 0.6) is 0 Å². The van der Waals surface area contributed by atoms with Crippen LogP contribution in [0.3, 0.4) is 0 Å². The summed E-state index contributed by atoms with van der Waals surface area (Å²) in [5.41, 5.74) is 1.73. The summed E-state index contributed by atoms with van der Waals surface area (Å²) in [7, 11) is 0. The van der Waals surface area contributed by atoms with Gasteiger partial charge in [0.2, 0.25) is 0 Å². The molecule has 2 atom stereocenters. The third kappa shape index (κ3) is 1.66. The first kappa shape index (κ1) is 12.2. The van der Waals surface area contributed by atoms with Crippen molar-refractivity contribution in [3.63, 3.8) is 0 Å². The van der Waals surface area contributed by atoms with Crippen LogP contribution in [0.1, 0.15) is 31.4 Å². The Morgan fingerprint density at radius 3 is 2.65 bits per heavy atom. The van der Waals surface area contributed by atoms with Gasteiger partial charge in [0.25, 0.3) is 0 Å². The minimum atomic E-state index is -0.182. The van der Waals surface area contributed by atoms with Gasteiger partial charge in [-0.2, -0.15) is 0 Å². The van der Waals surface area contributed by atoms with Crippen molar-refractivity contribution in [2.45, 2.75) is 50.5 Å². The number of rotatable bonds is 2. The zero-order chi connectivity index (χ0) is 13.7.